The van der Waals surface area contributed by atoms with Crippen LogP contribution in [0.1, 0.15) is 19.5 Å². The van der Waals surface area contributed by atoms with Crippen molar-refractivity contribution in [2.75, 3.05) is 26.2 Å². The standard InChI is InChI=1S/C26H26N6O2/c1-26(2,25(33)32-12-10-27-11-13-32)24-14-19(8-9-29-24)21-16-28-17-22(30-21)23-15-20(31-34-23)18-6-4-3-5-7-18/h3-9,14-17,27H,10-13H2,1-2H3. The largest absolute Gasteiger partial charge is 0.354 e. The molecule has 1 saturated heterocycles. The number of rotatable bonds is 5. The number of amides is 1. The van der Waals surface area contributed by atoms with Crippen LogP contribution < -0.4 is 5.32 Å². The highest BCUT2D eigenvalue weighted by Crippen LogP contribution is 2.29. The zero-order chi connectivity index (χ0) is 23.5. The van der Waals surface area contributed by atoms with Crippen LogP contribution in [0.25, 0.3) is 34.0 Å². The van der Waals surface area contributed by atoms with Gasteiger partial charge in [-0.3, -0.25) is 14.8 Å². The van der Waals surface area contributed by atoms with E-state index in [2.05, 4.69) is 20.4 Å². The Morgan fingerprint density at radius 3 is 2.53 bits per heavy atom. The molecular weight excluding hydrogens is 428 g/mol. The molecule has 5 rings (SSSR count). The third kappa shape index (κ3) is 4.32. The SMILES string of the molecule is CC(C)(C(=O)N1CCNCC1)c1cc(-c2cncc(-c3cc(-c4ccccc4)no3)n2)ccn1. The number of benzene rings is 1. The van der Waals surface area contributed by atoms with Crippen LogP contribution in [0.3, 0.4) is 0 Å². The number of nitrogens with one attached hydrogen (secondary N) is 1. The highest BCUT2D eigenvalue weighted by molar-refractivity contribution is 5.87. The van der Waals surface area contributed by atoms with Crippen LogP contribution in [-0.4, -0.2) is 57.1 Å². The highest BCUT2D eigenvalue weighted by atomic mass is 16.5. The van der Waals surface area contributed by atoms with Gasteiger partial charge in [0.05, 0.1) is 29.2 Å². The number of pyridine rings is 1. The number of carbonyl (C=O) groups is 1. The Hall–Kier alpha value is -3.91. The molecule has 4 heterocycles. The number of aromatic nitrogens is 4. The van der Waals surface area contributed by atoms with E-state index in [0.29, 0.717) is 35.9 Å². The average molecular weight is 455 g/mol. The smallest absolute Gasteiger partial charge is 0.234 e. The van der Waals surface area contributed by atoms with Crippen molar-refractivity contribution in [2.24, 2.45) is 0 Å². The molecule has 0 unspecified atom stereocenters. The molecule has 0 spiro atoms. The summed E-state index contributed by atoms with van der Waals surface area (Å²) in [4.78, 5) is 28.8. The van der Waals surface area contributed by atoms with Crippen LogP contribution in [-0.2, 0) is 10.2 Å². The van der Waals surface area contributed by atoms with E-state index in [1.165, 1.54) is 0 Å². The Balaban J connectivity index is 1.42. The van der Waals surface area contributed by atoms with Crippen molar-refractivity contribution in [2.45, 2.75) is 19.3 Å². The first kappa shape index (κ1) is 21.9. The molecule has 8 heteroatoms. The molecule has 4 aromatic rings. The monoisotopic (exact) mass is 454 g/mol. The summed E-state index contributed by atoms with van der Waals surface area (Å²) in [5.74, 6) is 0.616. The van der Waals surface area contributed by atoms with Crippen molar-refractivity contribution in [1.82, 2.24) is 30.3 Å². The lowest BCUT2D eigenvalue weighted by Crippen LogP contribution is -2.52. The van der Waals surface area contributed by atoms with Gasteiger partial charge in [0.15, 0.2) is 5.76 Å². The molecule has 3 aromatic heterocycles. The number of hydrogen-bond donors (Lipinski definition) is 1. The summed E-state index contributed by atoms with van der Waals surface area (Å²) in [5, 5.41) is 7.46. The van der Waals surface area contributed by atoms with Gasteiger partial charge in [-0.25, -0.2) is 4.98 Å². The molecule has 0 saturated carbocycles. The fourth-order valence-electron chi connectivity index (χ4n) is 4.07. The second-order valence-electron chi connectivity index (χ2n) is 8.83. The fraction of sp³-hybridized carbons (Fsp3) is 0.269. The van der Waals surface area contributed by atoms with E-state index in [1.807, 2.05) is 67.3 Å². The predicted molar refractivity (Wildman–Crippen MR) is 129 cm³/mol. The molecule has 1 N–H and O–H groups in total. The molecule has 1 aliphatic rings. The lowest BCUT2D eigenvalue weighted by atomic mass is 9.86. The van der Waals surface area contributed by atoms with Crippen LogP contribution in [0.4, 0.5) is 0 Å². The summed E-state index contributed by atoms with van der Waals surface area (Å²) < 4.78 is 5.55. The van der Waals surface area contributed by atoms with E-state index in [4.69, 9.17) is 9.51 Å². The molecule has 1 aliphatic heterocycles. The number of carbonyl (C=O) groups excluding carboxylic acids is 1. The van der Waals surface area contributed by atoms with Gasteiger partial charge in [-0.15, -0.1) is 0 Å². The molecule has 0 bridgehead atoms. The molecule has 1 fully saturated rings. The minimum Gasteiger partial charge on any atom is -0.354 e. The first-order valence-electron chi connectivity index (χ1n) is 11.3. The van der Waals surface area contributed by atoms with E-state index in [-0.39, 0.29) is 5.91 Å². The van der Waals surface area contributed by atoms with E-state index in [1.54, 1.807) is 18.6 Å². The van der Waals surface area contributed by atoms with E-state index in [9.17, 15) is 4.79 Å². The Labute approximate surface area is 198 Å². The molecule has 34 heavy (non-hydrogen) atoms. The Kier molecular flexibility index (Phi) is 5.90. The Bertz CT molecular complexity index is 1300. The average Bonchev–Trinajstić information content (AvgIpc) is 3.40. The minimum absolute atomic E-state index is 0.0774. The van der Waals surface area contributed by atoms with Gasteiger partial charge in [0, 0.05) is 49.6 Å². The molecule has 0 aliphatic carbocycles. The molecular formula is C26H26N6O2. The van der Waals surface area contributed by atoms with Gasteiger partial charge in [0.25, 0.3) is 0 Å². The van der Waals surface area contributed by atoms with Gasteiger partial charge in [-0.2, -0.15) is 0 Å². The minimum atomic E-state index is -0.756. The second kappa shape index (κ2) is 9.15. The molecule has 0 radical (unpaired) electrons. The van der Waals surface area contributed by atoms with Gasteiger partial charge in [-0.05, 0) is 26.0 Å². The van der Waals surface area contributed by atoms with Gasteiger partial charge < -0.3 is 14.7 Å². The number of hydrogen-bond acceptors (Lipinski definition) is 7. The molecule has 1 amide bonds. The zero-order valence-electron chi connectivity index (χ0n) is 19.2. The Morgan fingerprint density at radius 1 is 0.971 bits per heavy atom. The van der Waals surface area contributed by atoms with Gasteiger partial charge in [-0.1, -0.05) is 35.5 Å². The van der Waals surface area contributed by atoms with Crippen LogP contribution in [0.2, 0.25) is 0 Å². The van der Waals surface area contributed by atoms with Gasteiger partial charge in [0.1, 0.15) is 11.4 Å². The van der Waals surface area contributed by atoms with Crippen LogP contribution in [0.5, 0.6) is 0 Å². The van der Waals surface area contributed by atoms with E-state index in [0.717, 1.165) is 29.9 Å². The van der Waals surface area contributed by atoms with Crippen molar-refractivity contribution in [3.8, 4) is 34.0 Å². The lowest BCUT2D eigenvalue weighted by molar-refractivity contribution is -0.137. The summed E-state index contributed by atoms with van der Waals surface area (Å²) in [6, 6.07) is 15.5. The summed E-state index contributed by atoms with van der Waals surface area (Å²) in [6.07, 6.45) is 5.06. The van der Waals surface area contributed by atoms with Crippen LogP contribution in [0, 0.1) is 0 Å². The fourth-order valence-corrected chi connectivity index (χ4v) is 4.07. The van der Waals surface area contributed by atoms with Crippen LogP contribution >= 0.6 is 0 Å². The maximum Gasteiger partial charge on any atom is 0.234 e. The quantitative estimate of drug-likeness (QED) is 0.492. The number of nitrogens with zero attached hydrogens (tertiary/aromatic N) is 5. The summed E-state index contributed by atoms with van der Waals surface area (Å²) in [7, 11) is 0. The van der Waals surface area contributed by atoms with E-state index >= 15 is 0 Å². The van der Waals surface area contributed by atoms with Crippen molar-refractivity contribution < 1.29 is 9.32 Å². The van der Waals surface area contributed by atoms with Crippen molar-refractivity contribution in [3.63, 3.8) is 0 Å². The molecule has 172 valence electrons. The van der Waals surface area contributed by atoms with Crippen molar-refractivity contribution in [1.29, 1.82) is 0 Å². The first-order chi connectivity index (χ1) is 16.5. The van der Waals surface area contributed by atoms with Crippen molar-refractivity contribution >= 4 is 5.91 Å². The topological polar surface area (TPSA) is 97.0 Å². The van der Waals surface area contributed by atoms with E-state index < -0.39 is 5.41 Å². The lowest BCUT2D eigenvalue weighted by Gasteiger charge is -2.34. The summed E-state index contributed by atoms with van der Waals surface area (Å²) >= 11 is 0. The molecule has 0 atom stereocenters. The predicted octanol–water partition coefficient (Wildman–Crippen LogP) is 3.57. The second-order valence-corrected chi connectivity index (χ2v) is 8.83. The normalized spacial score (nSPS) is 14.2. The van der Waals surface area contributed by atoms with Crippen LogP contribution in [0.15, 0.2) is 71.6 Å². The Morgan fingerprint density at radius 2 is 1.74 bits per heavy atom. The third-order valence-electron chi connectivity index (χ3n) is 6.10. The maximum absolute atomic E-state index is 13.2. The molecule has 8 nitrogen and oxygen atoms in total. The summed E-state index contributed by atoms with van der Waals surface area (Å²) in [6.45, 7) is 6.88. The first-order valence-corrected chi connectivity index (χ1v) is 11.3. The van der Waals surface area contributed by atoms with Crippen molar-refractivity contribution in [3.05, 3.63) is 72.8 Å². The van der Waals surface area contributed by atoms with Gasteiger partial charge in [0.2, 0.25) is 5.91 Å². The third-order valence-corrected chi connectivity index (χ3v) is 6.10. The highest BCUT2D eigenvalue weighted by Gasteiger charge is 2.35. The summed E-state index contributed by atoms with van der Waals surface area (Å²) in [5.41, 5.74) is 3.74. The van der Waals surface area contributed by atoms with Gasteiger partial charge >= 0.3 is 0 Å². The number of piperazine rings is 1. The maximum atomic E-state index is 13.2. The molecule has 1 aromatic carbocycles. The zero-order valence-corrected chi connectivity index (χ0v) is 19.2.